The van der Waals surface area contributed by atoms with Crippen molar-refractivity contribution in [3.8, 4) is 11.4 Å². The molecule has 0 N–H and O–H groups in total. The minimum Gasteiger partial charge on any atom is -0.497 e. The van der Waals surface area contributed by atoms with Gasteiger partial charge in [-0.1, -0.05) is 41.6 Å². The van der Waals surface area contributed by atoms with Crippen LogP contribution >= 0.6 is 23.4 Å². The van der Waals surface area contributed by atoms with Gasteiger partial charge in [-0.15, -0.1) is 10.2 Å². The first kappa shape index (κ1) is 17.6. The van der Waals surface area contributed by atoms with E-state index in [1.807, 2.05) is 42.5 Å². The molecule has 0 aliphatic rings. The van der Waals surface area contributed by atoms with E-state index in [0.717, 1.165) is 5.56 Å². The molecule has 4 rings (SSSR count). The summed E-state index contributed by atoms with van der Waals surface area (Å²) in [5.41, 5.74) is 1.86. The summed E-state index contributed by atoms with van der Waals surface area (Å²) in [6.45, 7) is 0. The van der Waals surface area contributed by atoms with Crippen molar-refractivity contribution < 1.29 is 4.74 Å². The Labute approximate surface area is 164 Å². The molecule has 0 saturated heterocycles. The zero-order valence-electron chi connectivity index (χ0n) is 14.4. The van der Waals surface area contributed by atoms with Gasteiger partial charge in [0.05, 0.1) is 12.8 Å². The molecule has 0 amide bonds. The standard InChI is InChI=1S/C19H15ClN4O2S/c1-26-16-4-2-3-15(11-16)23-9-10-24-17(18(23)25)21-22-19(24)27-12-13-5-7-14(20)8-6-13/h2-11H,12H2,1H3. The van der Waals surface area contributed by atoms with Gasteiger partial charge in [-0.05, 0) is 29.8 Å². The van der Waals surface area contributed by atoms with Gasteiger partial charge in [0.15, 0.2) is 5.16 Å². The molecule has 0 atom stereocenters. The quantitative estimate of drug-likeness (QED) is 0.478. The number of rotatable bonds is 5. The highest BCUT2D eigenvalue weighted by molar-refractivity contribution is 7.98. The van der Waals surface area contributed by atoms with Crippen LogP contribution in [-0.2, 0) is 5.75 Å². The van der Waals surface area contributed by atoms with Crippen LogP contribution in [0, 0.1) is 0 Å². The summed E-state index contributed by atoms with van der Waals surface area (Å²) in [4.78, 5) is 12.8. The topological polar surface area (TPSA) is 61.4 Å². The first-order valence-electron chi connectivity index (χ1n) is 8.14. The molecule has 0 saturated carbocycles. The lowest BCUT2D eigenvalue weighted by molar-refractivity contribution is 0.414. The van der Waals surface area contributed by atoms with Gasteiger partial charge in [0.25, 0.3) is 0 Å². The Hall–Kier alpha value is -2.77. The molecule has 0 unspecified atom stereocenters. The van der Waals surface area contributed by atoms with Crippen LogP contribution < -0.4 is 10.3 Å². The Morgan fingerprint density at radius 1 is 1.11 bits per heavy atom. The van der Waals surface area contributed by atoms with Crippen LogP contribution in [0.3, 0.4) is 0 Å². The van der Waals surface area contributed by atoms with E-state index in [1.165, 1.54) is 16.3 Å². The van der Waals surface area contributed by atoms with Crippen LogP contribution in [0.25, 0.3) is 11.3 Å². The van der Waals surface area contributed by atoms with Crippen LogP contribution in [0.1, 0.15) is 5.56 Å². The highest BCUT2D eigenvalue weighted by Gasteiger charge is 2.12. The fourth-order valence-corrected chi connectivity index (χ4v) is 3.66. The second-order valence-corrected chi connectivity index (χ2v) is 7.15. The number of nitrogens with zero attached hydrogens (tertiary/aromatic N) is 4. The first-order valence-corrected chi connectivity index (χ1v) is 9.50. The van der Waals surface area contributed by atoms with E-state index in [4.69, 9.17) is 16.3 Å². The fourth-order valence-electron chi connectivity index (χ4n) is 2.66. The second-order valence-electron chi connectivity index (χ2n) is 5.77. The third-order valence-electron chi connectivity index (χ3n) is 4.05. The molecule has 6 nitrogen and oxygen atoms in total. The smallest absolute Gasteiger partial charge is 0.300 e. The zero-order valence-corrected chi connectivity index (χ0v) is 15.9. The number of benzene rings is 2. The Morgan fingerprint density at radius 3 is 2.70 bits per heavy atom. The molecule has 0 spiro atoms. The Bertz CT molecular complexity index is 1150. The van der Waals surface area contributed by atoms with Gasteiger partial charge < -0.3 is 4.74 Å². The van der Waals surface area contributed by atoms with E-state index in [-0.39, 0.29) is 11.2 Å². The minimum atomic E-state index is -0.239. The molecule has 2 aromatic heterocycles. The lowest BCUT2D eigenvalue weighted by atomic mass is 10.2. The molecule has 0 fully saturated rings. The van der Waals surface area contributed by atoms with Crippen molar-refractivity contribution in [3.05, 3.63) is 81.9 Å². The van der Waals surface area contributed by atoms with Crippen molar-refractivity contribution >= 4 is 29.0 Å². The van der Waals surface area contributed by atoms with E-state index in [0.29, 0.717) is 27.4 Å². The number of fused-ring (bicyclic) bond motifs is 1. The van der Waals surface area contributed by atoms with E-state index in [1.54, 1.807) is 30.0 Å². The maximum atomic E-state index is 12.8. The molecule has 136 valence electrons. The largest absolute Gasteiger partial charge is 0.497 e. The highest BCUT2D eigenvalue weighted by atomic mass is 35.5. The van der Waals surface area contributed by atoms with Crippen LogP contribution in [0.15, 0.2) is 70.9 Å². The maximum Gasteiger partial charge on any atom is 0.300 e. The van der Waals surface area contributed by atoms with Crippen LogP contribution in [0.5, 0.6) is 5.75 Å². The summed E-state index contributed by atoms with van der Waals surface area (Å²) in [5, 5.41) is 9.61. The van der Waals surface area contributed by atoms with Gasteiger partial charge in [-0.3, -0.25) is 13.8 Å². The van der Waals surface area contributed by atoms with Crippen LogP contribution in [-0.4, -0.2) is 26.3 Å². The van der Waals surface area contributed by atoms with Crippen molar-refractivity contribution in [3.63, 3.8) is 0 Å². The van der Waals surface area contributed by atoms with Gasteiger partial charge in [0, 0.05) is 29.2 Å². The van der Waals surface area contributed by atoms with Gasteiger partial charge in [0.1, 0.15) is 5.75 Å². The molecule has 2 aromatic carbocycles. The molecule has 27 heavy (non-hydrogen) atoms. The number of aromatic nitrogens is 4. The molecular weight excluding hydrogens is 384 g/mol. The number of ether oxygens (including phenoxy) is 1. The first-order chi connectivity index (χ1) is 13.2. The van der Waals surface area contributed by atoms with Gasteiger partial charge in [-0.2, -0.15) is 0 Å². The zero-order chi connectivity index (χ0) is 18.8. The Balaban J connectivity index is 1.65. The van der Waals surface area contributed by atoms with Gasteiger partial charge >= 0.3 is 5.56 Å². The molecule has 2 heterocycles. The molecule has 4 aromatic rings. The van der Waals surface area contributed by atoms with E-state index in [9.17, 15) is 4.79 Å². The monoisotopic (exact) mass is 398 g/mol. The Morgan fingerprint density at radius 2 is 1.93 bits per heavy atom. The van der Waals surface area contributed by atoms with Crippen molar-refractivity contribution in [2.45, 2.75) is 10.9 Å². The number of hydrogen-bond donors (Lipinski definition) is 0. The number of hydrogen-bond acceptors (Lipinski definition) is 5. The number of thioether (sulfide) groups is 1. The third kappa shape index (κ3) is 3.56. The lowest BCUT2D eigenvalue weighted by Gasteiger charge is -2.08. The van der Waals surface area contributed by atoms with Crippen molar-refractivity contribution in [1.29, 1.82) is 0 Å². The van der Waals surface area contributed by atoms with Crippen molar-refractivity contribution in [2.24, 2.45) is 0 Å². The summed E-state index contributed by atoms with van der Waals surface area (Å²) >= 11 is 7.42. The summed E-state index contributed by atoms with van der Waals surface area (Å²) in [6.07, 6.45) is 3.50. The third-order valence-corrected chi connectivity index (χ3v) is 5.32. The van der Waals surface area contributed by atoms with E-state index >= 15 is 0 Å². The summed E-state index contributed by atoms with van der Waals surface area (Å²) in [5.74, 6) is 1.39. The number of halogens is 1. The van der Waals surface area contributed by atoms with Crippen molar-refractivity contribution in [1.82, 2.24) is 19.2 Å². The molecule has 0 bridgehead atoms. The van der Waals surface area contributed by atoms with E-state index in [2.05, 4.69) is 10.2 Å². The van der Waals surface area contributed by atoms with E-state index < -0.39 is 0 Å². The molecule has 8 heteroatoms. The SMILES string of the molecule is COc1cccc(-n2ccn3c(SCc4ccc(Cl)cc4)nnc3c2=O)c1. The van der Waals surface area contributed by atoms with Crippen molar-refractivity contribution in [2.75, 3.05) is 7.11 Å². The highest BCUT2D eigenvalue weighted by Crippen LogP contribution is 2.22. The summed E-state index contributed by atoms with van der Waals surface area (Å²) in [6, 6.07) is 14.9. The predicted molar refractivity (Wildman–Crippen MR) is 106 cm³/mol. The second kappa shape index (κ2) is 7.46. The summed E-state index contributed by atoms with van der Waals surface area (Å²) < 4.78 is 8.46. The minimum absolute atomic E-state index is 0.239. The van der Waals surface area contributed by atoms with Crippen LogP contribution in [0.2, 0.25) is 5.02 Å². The lowest BCUT2D eigenvalue weighted by Crippen LogP contribution is -2.20. The summed E-state index contributed by atoms with van der Waals surface area (Å²) in [7, 11) is 1.59. The average molecular weight is 399 g/mol. The molecular formula is C19H15ClN4O2S. The molecule has 0 aliphatic carbocycles. The van der Waals surface area contributed by atoms with Gasteiger partial charge in [0.2, 0.25) is 5.65 Å². The Kier molecular flexibility index (Phi) is 4.87. The van der Waals surface area contributed by atoms with Gasteiger partial charge in [-0.25, -0.2) is 0 Å². The molecule has 0 radical (unpaired) electrons. The molecule has 0 aliphatic heterocycles. The maximum absolute atomic E-state index is 12.8. The normalized spacial score (nSPS) is 11.0. The fraction of sp³-hybridized carbons (Fsp3) is 0.105. The van der Waals surface area contributed by atoms with Crippen LogP contribution in [0.4, 0.5) is 0 Å². The predicted octanol–water partition coefficient (Wildman–Crippen LogP) is 3.83. The number of methoxy groups -OCH3 is 1. The average Bonchev–Trinajstić information content (AvgIpc) is 3.12.